The monoisotopic (exact) mass is 283 g/mol. The molecule has 1 heterocycles. The standard InChI is InChI=1S/C16H21N5/c1-20(2)16(7-3-4-8-16)11-21-14-9-12(10-17)5-6-13(14)19-15(21)18/h5-6,9H,3-4,7-8,11H2,1-2H3,(H2,18,19). The van der Waals surface area contributed by atoms with Gasteiger partial charge in [-0.2, -0.15) is 5.26 Å². The first-order valence-electron chi connectivity index (χ1n) is 7.39. The van der Waals surface area contributed by atoms with E-state index in [0.717, 1.165) is 17.6 Å². The highest BCUT2D eigenvalue weighted by atomic mass is 15.2. The molecule has 110 valence electrons. The lowest BCUT2D eigenvalue weighted by Crippen LogP contribution is -2.45. The number of nitrogen functional groups attached to an aromatic ring is 1. The average Bonchev–Trinajstić information content (AvgIpc) is 3.05. The minimum absolute atomic E-state index is 0.143. The molecule has 0 spiro atoms. The summed E-state index contributed by atoms with van der Waals surface area (Å²) in [6, 6.07) is 7.74. The van der Waals surface area contributed by atoms with Crippen molar-refractivity contribution in [3.05, 3.63) is 23.8 Å². The third kappa shape index (κ3) is 2.26. The molecule has 2 N–H and O–H groups in total. The number of nitrogens with zero attached hydrogens (tertiary/aromatic N) is 4. The number of hydrogen-bond donors (Lipinski definition) is 1. The second-order valence-corrected chi connectivity index (χ2v) is 6.20. The highest BCUT2D eigenvalue weighted by Gasteiger charge is 2.37. The summed E-state index contributed by atoms with van der Waals surface area (Å²) in [5, 5.41) is 9.10. The molecule has 0 atom stereocenters. The van der Waals surface area contributed by atoms with Gasteiger partial charge in [0.2, 0.25) is 5.95 Å². The fourth-order valence-corrected chi connectivity index (χ4v) is 3.45. The highest BCUT2D eigenvalue weighted by Crippen LogP contribution is 2.36. The fraction of sp³-hybridized carbons (Fsp3) is 0.500. The van der Waals surface area contributed by atoms with E-state index in [1.807, 2.05) is 12.1 Å². The van der Waals surface area contributed by atoms with Crippen molar-refractivity contribution in [3.63, 3.8) is 0 Å². The van der Waals surface area contributed by atoms with Crippen LogP contribution in [0.5, 0.6) is 0 Å². The summed E-state index contributed by atoms with van der Waals surface area (Å²) >= 11 is 0. The molecule has 1 aromatic carbocycles. The normalized spacial score (nSPS) is 17.4. The topological polar surface area (TPSA) is 70.9 Å². The Hall–Kier alpha value is -2.06. The van der Waals surface area contributed by atoms with Gasteiger partial charge in [-0.15, -0.1) is 0 Å². The van der Waals surface area contributed by atoms with Crippen molar-refractivity contribution in [1.29, 1.82) is 5.26 Å². The molecule has 21 heavy (non-hydrogen) atoms. The first kappa shape index (κ1) is 13.9. The van der Waals surface area contributed by atoms with Crippen LogP contribution in [0.1, 0.15) is 31.2 Å². The first-order chi connectivity index (χ1) is 10.1. The smallest absolute Gasteiger partial charge is 0.201 e. The Bertz CT molecular complexity index is 701. The molecule has 0 bridgehead atoms. The van der Waals surface area contributed by atoms with Crippen molar-refractivity contribution in [3.8, 4) is 6.07 Å². The summed E-state index contributed by atoms with van der Waals surface area (Å²) in [5.41, 5.74) is 8.74. The Balaban J connectivity index is 2.07. The minimum atomic E-state index is 0.143. The lowest BCUT2D eigenvalue weighted by Gasteiger charge is -2.37. The number of nitriles is 1. The summed E-state index contributed by atoms with van der Waals surface area (Å²) in [6.45, 7) is 0.831. The van der Waals surface area contributed by atoms with Crippen LogP contribution in [0.4, 0.5) is 5.95 Å². The van der Waals surface area contributed by atoms with Crippen molar-refractivity contribution < 1.29 is 0 Å². The van der Waals surface area contributed by atoms with Crippen molar-refractivity contribution in [2.24, 2.45) is 0 Å². The highest BCUT2D eigenvalue weighted by molar-refractivity contribution is 5.79. The zero-order valence-corrected chi connectivity index (χ0v) is 12.6. The number of imidazole rings is 1. The number of likely N-dealkylation sites (N-methyl/N-ethyl adjacent to an activating group) is 1. The van der Waals surface area contributed by atoms with Gasteiger partial charge in [-0.3, -0.25) is 0 Å². The zero-order valence-electron chi connectivity index (χ0n) is 12.6. The summed E-state index contributed by atoms with van der Waals surface area (Å²) in [7, 11) is 4.28. The van der Waals surface area contributed by atoms with Gasteiger partial charge in [-0.1, -0.05) is 12.8 Å². The predicted octanol–water partition coefficient (Wildman–Crippen LogP) is 2.36. The molecule has 2 aromatic rings. The Kier molecular flexibility index (Phi) is 3.34. The van der Waals surface area contributed by atoms with Crippen LogP contribution in [0.3, 0.4) is 0 Å². The lowest BCUT2D eigenvalue weighted by atomic mass is 9.96. The molecule has 3 rings (SSSR count). The number of anilines is 1. The van der Waals surface area contributed by atoms with Crippen LogP contribution in [-0.4, -0.2) is 34.1 Å². The van der Waals surface area contributed by atoms with Gasteiger partial charge in [0.25, 0.3) is 0 Å². The predicted molar refractivity (Wildman–Crippen MR) is 83.7 cm³/mol. The van der Waals surface area contributed by atoms with E-state index < -0.39 is 0 Å². The molecule has 1 aromatic heterocycles. The molecule has 0 radical (unpaired) electrons. The molecular weight excluding hydrogens is 262 g/mol. The molecule has 0 aliphatic heterocycles. The maximum absolute atomic E-state index is 9.10. The Morgan fingerprint density at radius 3 is 2.71 bits per heavy atom. The van der Waals surface area contributed by atoms with Gasteiger partial charge in [0, 0.05) is 12.1 Å². The van der Waals surface area contributed by atoms with Crippen molar-refractivity contribution in [1.82, 2.24) is 14.5 Å². The summed E-state index contributed by atoms with van der Waals surface area (Å²) < 4.78 is 2.07. The number of hydrogen-bond acceptors (Lipinski definition) is 4. The van der Waals surface area contributed by atoms with Gasteiger partial charge in [0.05, 0.1) is 22.7 Å². The third-order valence-electron chi connectivity index (χ3n) is 4.84. The molecule has 0 amide bonds. The maximum atomic E-state index is 9.10. The van der Waals surface area contributed by atoms with Gasteiger partial charge in [0.1, 0.15) is 0 Å². The number of fused-ring (bicyclic) bond motifs is 1. The molecule has 0 saturated heterocycles. The zero-order chi connectivity index (χ0) is 15.0. The second kappa shape index (κ2) is 5.05. The Labute approximate surface area is 125 Å². The van der Waals surface area contributed by atoms with Crippen LogP contribution in [-0.2, 0) is 6.54 Å². The van der Waals surface area contributed by atoms with Crippen LogP contribution in [0.2, 0.25) is 0 Å². The number of nitrogens with two attached hydrogens (primary N) is 1. The molecule has 5 nitrogen and oxygen atoms in total. The van der Waals surface area contributed by atoms with E-state index in [0.29, 0.717) is 11.5 Å². The first-order valence-corrected chi connectivity index (χ1v) is 7.39. The van der Waals surface area contributed by atoms with E-state index in [2.05, 4.69) is 34.6 Å². The van der Waals surface area contributed by atoms with E-state index in [9.17, 15) is 0 Å². The van der Waals surface area contributed by atoms with Crippen LogP contribution in [0, 0.1) is 11.3 Å². The van der Waals surface area contributed by atoms with E-state index in [1.165, 1.54) is 25.7 Å². The van der Waals surface area contributed by atoms with Gasteiger partial charge < -0.3 is 15.2 Å². The third-order valence-corrected chi connectivity index (χ3v) is 4.84. The van der Waals surface area contributed by atoms with Gasteiger partial charge >= 0.3 is 0 Å². The summed E-state index contributed by atoms with van der Waals surface area (Å²) in [4.78, 5) is 6.75. The Morgan fingerprint density at radius 1 is 1.38 bits per heavy atom. The molecule has 0 unspecified atom stereocenters. The molecule has 1 saturated carbocycles. The largest absolute Gasteiger partial charge is 0.369 e. The number of rotatable bonds is 3. The van der Waals surface area contributed by atoms with Crippen LogP contribution in [0.25, 0.3) is 11.0 Å². The van der Waals surface area contributed by atoms with Gasteiger partial charge in [-0.05, 0) is 45.1 Å². The SMILES string of the molecule is CN(C)C1(Cn2c(N)nc3ccc(C#N)cc32)CCCC1. The summed E-state index contributed by atoms with van der Waals surface area (Å²) in [6.07, 6.45) is 4.87. The second-order valence-electron chi connectivity index (χ2n) is 6.20. The van der Waals surface area contributed by atoms with E-state index in [-0.39, 0.29) is 5.54 Å². The van der Waals surface area contributed by atoms with Crippen molar-refractivity contribution >= 4 is 17.0 Å². The average molecular weight is 283 g/mol. The fourth-order valence-electron chi connectivity index (χ4n) is 3.45. The minimum Gasteiger partial charge on any atom is -0.369 e. The molecule has 1 fully saturated rings. The molecule has 1 aliphatic rings. The molecular formula is C16H21N5. The quantitative estimate of drug-likeness (QED) is 0.938. The van der Waals surface area contributed by atoms with Gasteiger partial charge in [-0.25, -0.2) is 4.98 Å². The Morgan fingerprint density at radius 2 is 2.10 bits per heavy atom. The number of benzene rings is 1. The van der Waals surface area contributed by atoms with E-state index in [4.69, 9.17) is 11.0 Å². The van der Waals surface area contributed by atoms with E-state index >= 15 is 0 Å². The molecule has 1 aliphatic carbocycles. The van der Waals surface area contributed by atoms with Crippen molar-refractivity contribution in [2.75, 3.05) is 19.8 Å². The number of aromatic nitrogens is 2. The maximum Gasteiger partial charge on any atom is 0.201 e. The summed E-state index contributed by atoms with van der Waals surface area (Å²) in [5.74, 6) is 0.535. The van der Waals surface area contributed by atoms with Crippen molar-refractivity contribution in [2.45, 2.75) is 37.8 Å². The lowest BCUT2D eigenvalue weighted by molar-refractivity contribution is 0.136. The van der Waals surface area contributed by atoms with Crippen LogP contribution < -0.4 is 5.73 Å². The van der Waals surface area contributed by atoms with E-state index in [1.54, 1.807) is 6.07 Å². The molecule has 5 heteroatoms. The van der Waals surface area contributed by atoms with Crippen LogP contribution >= 0.6 is 0 Å². The van der Waals surface area contributed by atoms with Gasteiger partial charge in [0.15, 0.2) is 0 Å². The van der Waals surface area contributed by atoms with Crippen LogP contribution in [0.15, 0.2) is 18.2 Å².